The quantitative estimate of drug-likeness (QED) is 0.658. The van der Waals surface area contributed by atoms with Gasteiger partial charge in [0, 0.05) is 0 Å². The fourth-order valence-electron chi connectivity index (χ4n) is 2.31. The molecule has 2 aliphatic rings. The van der Waals surface area contributed by atoms with Gasteiger partial charge in [-0.15, -0.1) is 0 Å². The molecule has 1 heterocycles. The smallest absolute Gasteiger partial charge is 0.335 e. The minimum absolute atomic E-state index is 0.402. The molecular weight excluding hydrogens is 172 g/mol. The Hall–Kier alpha value is -0.610. The molecule has 0 unspecified atom stereocenters. The molecule has 1 atom stereocenters. The van der Waals surface area contributed by atoms with Gasteiger partial charge in [0.25, 0.3) is 0 Å². The third-order valence-electron chi connectivity index (χ3n) is 2.91. The van der Waals surface area contributed by atoms with Gasteiger partial charge in [-0.2, -0.15) is 0 Å². The largest absolute Gasteiger partial charge is 0.479 e. The van der Waals surface area contributed by atoms with Gasteiger partial charge in [-0.05, 0) is 12.8 Å². The highest BCUT2D eigenvalue weighted by atomic mass is 16.6. The number of carbonyl (C=O) groups is 1. The van der Waals surface area contributed by atoms with E-state index in [1.807, 2.05) is 0 Å². The first kappa shape index (κ1) is 8.97. The summed E-state index contributed by atoms with van der Waals surface area (Å²) in [4.78, 5) is 10.9. The summed E-state index contributed by atoms with van der Waals surface area (Å²) < 4.78 is 10.8. The van der Waals surface area contributed by atoms with Gasteiger partial charge in [-0.25, -0.2) is 4.79 Å². The molecule has 4 heteroatoms. The van der Waals surface area contributed by atoms with Crippen molar-refractivity contribution in [3.05, 3.63) is 0 Å². The second kappa shape index (κ2) is 3.27. The van der Waals surface area contributed by atoms with Crippen LogP contribution in [0.4, 0.5) is 0 Å². The summed E-state index contributed by atoms with van der Waals surface area (Å²) in [7, 11) is 0. The first-order valence-corrected chi connectivity index (χ1v) is 4.73. The lowest BCUT2D eigenvalue weighted by Gasteiger charge is -2.38. The summed E-state index contributed by atoms with van der Waals surface area (Å²) in [5, 5.41) is 8.96. The molecule has 13 heavy (non-hydrogen) atoms. The number of carboxylic acid groups (broad SMARTS) is 1. The molecule has 2 rings (SSSR count). The molecule has 0 radical (unpaired) electrons. The van der Waals surface area contributed by atoms with Crippen molar-refractivity contribution in [1.29, 1.82) is 0 Å². The van der Waals surface area contributed by atoms with Gasteiger partial charge in [0.15, 0.2) is 6.10 Å². The Morgan fingerprint density at radius 3 is 2.62 bits per heavy atom. The van der Waals surface area contributed by atoms with Crippen LogP contribution in [0.2, 0.25) is 0 Å². The van der Waals surface area contributed by atoms with Gasteiger partial charge in [0.1, 0.15) is 5.60 Å². The summed E-state index contributed by atoms with van der Waals surface area (Å²) in [5.41, 5.74) is -0.510. The van der Waals surface area contributed by atoms with E-state index in [1.165, 1.54) is 0 Å². The Balaban J connectivity index is 2.16. The maximum absolute atomic E-state index is 10.9. The number of rotatable bonds is 1. The van der Waals surface area contributed by atoms with E-state index in [0.717, 1.165) is 25.7 Å². The standard InChI is InChI=1S/C9H14O4/c10-8(11)7-9(3-1-2-4-9)13-6-5-12-7/h7H,1-6H2,(H,10,11)/t7-/m1/s1. The van der Waals surface area contributed by atoms with E-state index >= 15 is 0 Å². The molecule has 1 saturated carbocycles. The molecule has 4 nitrogen and oxygen atoms in total. The van der Waals surface area contributed by atoms with Crippen LogP contribution in [0.15, 0.2) is 0 Å². The number of ether oxygens (including phenoxy) is 2. The van der Waals surface area contributed by atoms with Crippen molar-refractivity contribution >= 4 is 5.97 Å². The van der Waals surface area contributed by atoms with Crippen LogP contribution in [-0.4, -0.2) is 36.0 Å². The van der Waals surface area contributed by atoms with Crippen molar-refractivity contribution in [2.24, 2.45) is 0 Å². The minimum Gasteiger partial charge on any atom is -0.479 e. The molecule has 1 spiro atoms. The molecule has 2 fully saturated rings. The lowest BCUT2D eigenvalue weighted by molar-refractivity contribution is -0.212. The van der Waals surface area contributed by atoms with Crippen molar-refractivity contribution in [3.8, 4) is 0 Å². The second-order valence-electron chi connectivity index (χ2n) is 3.71. The van der Waals surface area contributed by atoms with E-state index in [4.69, 9.17) is 14.6 Å². The maximum Gasteiger partial charge on any atom is 0.335 e. The molecule has 0 bridgehead atoms. The summed E-state index contributed by atoms with van der Waals surface area (Å²) >= 11 is 0. The SMILES string of the molecule is O=C(O)[C@H]1OCCOC12CCCC2. The predicted octanol–water partition coefficient (Wildman–Crippen LogP) is 0.799. The van der Waals surface area contributed by atoms with E-state index in [-0.39, 0.29) is 0 Å². The molecule has 1 saturated heterocycles. The van der Waals surface area contributed by atoms with Crippen LogP contribution in [0.1, 0.15) is 25.7 Å². The summed E-state index contributed by atoms with van der Waals surface area (Å²) in [6.07, 6.45) is 3.00. The summed E-state index contributed by atoms with van der Waals surface area (Å²) in [6, 6.07) is 0. The Bertz CT molecular complexity index is 208. The van der Waals surface area contributed by atoms with Gasteiger partial charge in [-0.3, -0.25) is 0 Å². The average Bonchev–Trinajstić information content (AvgIpc) is 2.54. The van der Waals surface area contributed by atoms with Gasteiger partial charge < -0.3 is 14.6 Å². The van der Waals surface area contributed by atoms with Gasteiger partial charge in [0.05, 0.1) is 13.2 Å². The molecule has 74 valence electrons. The van der Waals surface area contributed by atoms with E-state index in [1.54, 1.807) is 0 Å². The minimum atomic E-state index is -0.887. The van der Waals surface area contributed by atoms with Gasteiger partial charge in [0.2, 0.25) is 0 Å². The van der Waals surface area contributed by atoms with Crippen LogP contribution in [0, 0.1) is 0 Å². The summed E-state index contributed by atoms with van der Waals surface area (Å²) in [5.74, 6) is -0.887. The van der Waals surface area contributed by atoms with Crippen LogP contribution in [-0.2, 0) is 14.3 Å². The number of aliphatic carboxylic acids is 1. The van der Waals surface area contributed by atoms with Crippen LogP contribution in [0.5, 0.6) is 0 Å². The Morgan fingerprint density at radius 1 is 1.31 bits per heavy atom. The predicted molar refractivity (Wildman–Crippen MR) is 44.5 cm³/mol. The first-order chi connectivity index (χ1) is 6.25. The number of hydrogen-bond donors (Lipinski definition) is 1. The zero-order valence-corrected chi connectivity index (χ0v) is 7.49. The topological polar surface area (TPSA) is 55.8 Å². The highest BCUT2D eigenvalue weighted by Gasteiger charge is 2.49. The third kappa shape index (κ3) is 1.44. The van der Waals surface area contributed by atoms with Crippen LogP contribution >= 0.6 is 0 Å². The Labute approximate surface area is 76.8 Å². The average molecular weight is 186 g/mol. The molecule has 0 aromatic heterocycles. The van der Waals surface area contributed by atoms with Crippen molar-refractivity contribution in [3.63, 3.8) is 0 Å². The van der Waals surface area contributed by atoms with Gasteiger partial charge in [-0.1, -0.05) is 12.8 Å². The highest BCUT2D eigenvalue weighted by Crippen LogP contribution is 2.39. The van der Waals surface area contributed by atoms with Crippen LogP contribution < -0.4 is 0 Å². The molecule has 0 amide bonds. The molecule has 1 aliphatic heterocycles. The lowest BCUT2D eigenvalue weighted by Crippen LogP contribution is -2.53. The van der Waals surface area contributed by atoms with Crippen LogP contribution in [0.25, 0.3) is 0 Å². The molecular formula is C9H14O4. The van der Waals surface area contributed by atoms with Crippen molar-refractivity contribution in [1.82, 2.24) is 0 Å². The van der Waals surface area contributed by atoms with E-state index in [9.17, 15) is 4.79 Å². The molecule has 0 aromatic carbocycles. The van der Waals surface area contributed by atoms with Crippen molar-refractivity contribution in [2.75, 3.05) is 13.2 Å². The van der Waals surface area contributed by atoms with E-state index in [2.05, 4.69) is 0 Å². The monoisotopic (exact) mass is 186 g/mol. The van der Waals surface area contributed by atoms with Crippen molar-refractivity contribution in [2.45, 2.75) is 37.4 Å². The van der Waals surface area contributed by atoms with E-state index in [0.29, 0.717) is 13.2 Å². The Morgan fingerprint density at radius 2 is 2.00 bits per heavy atom. The first-order valence-electron chi connectivity index (χ1n) is 4.73. The fourth-order valence-corrected chi connectivity index (χ4v) is 2.31. The van der Waals surface area contributed by atoms with Crippen LogP contribution in [0.3, 0.4) is 0 Å². The highest BCUT2D eigenvalue weighted by molar-refractivity contribution is 5.74. The number of carboxylic acids is 1. The van der Waals surface area contributed by atoms with Crippen molar-refractivity contribution < 1.29 is 19.4 Å². The van der Waals surface area contributed by atoms with Gasteiger partial charge >= 0.3 is 5.97 Å². The molecule has 1 aliphatic carbocycles. The summed E-state index contributed by atoms with van der Waals surface area (Å²) in [6.45, 7) is 0.933. The molecule has 1 N–H and O–H groups in total. The fraction of sp³-hybridized carbons (Fsp3) is 0.889. The Kier molecular flexibility index (Phi) is 2.26. The molecule has 0 aromatic rings. The number of hydrogen-bond acceptors (Lipinski definition) is 3. The zero-order valence-electron chi connectivity index (χ0n) is 7.49. The maximum atomic E-state index is 10.9. The third-order valence-corrected chi connectivity index (χ3v) is 2.91. The second-order valence-corrected chi connectivity index (χ2v) is 3.71. The lowest BCUT2D eigenvalue weighted by atomic mass is 9.93. The normalized spacial score (nSPS) is 32.2. The van der Waals surface area contributed by atoms with E-state index < -0.39 is 17.7 Å². The zero-order chi connectivity index (χ0) is 9.31.